The van der Waals surface area contributed by atoms with E-state index in [-0.39, 0.29) is 6.10 Å². The minimum absolute atomic E-state index is 0.167. The van der Waals surface area contributed by atoms with Crippen LogP contribution in [0, 0.1) is 5.92 Å². The standard InChI is InChI=1S/C17H27NO/c1-2-3-13-18(16-11-5-4-6-12-16)14-17(19)15-9-7-8-10-15/h4-6,11-12,15,17,19H,2-3,7-10,13-14H2,1H3. The van der Waals surface area contributed by atoms with E-state index in [1.807, 2.05) is 0 Å². The SMILES string of the molecule is CCCCN(CC(O)C1CCCC1)c1ccccc1. The first kappa shape index (κ1) is 14.4. The predicted molar refractivity (Wildman–Crippen MR) is 81.5 cm³/mol. The lowest BCUT2D eigenvalue weighted by molar-refractivity contribution is 0.116. The van der Waals surface area contributed by atoms with Crippen LogP contribution in [0.2, 0.25) is 0 Å². The molecule has 1 aliphatic carbocycles. The lowest BCUT2D eigenvalue weighted by Crippen LogP contribution is -2.36. The van der Waals surface area contributed by atoms with Gasteiger partial charge in [-0.3, -0.25) is 0 Å². The summed E-state index contributed by atoms with van der Waals surface area (Å²) in [6, 6.07) is 10.5. The fourth-order valence-corrected chi connectivity index (χ4v) is 3.03. The van der Waals surface area contributed by atoms with Gasteiger partial charge >= 0.3 is 0 Å². The van der Waals surface area contributed by atoms with Crippen molar-refractivity contribution in [2.24, 2.45) is 5.92 Å². The van der Waals surface area contributed by atoms with Crippen LogP contribution in [0.3, 0.4) is 0 Å². The Morgan fingerprint density at radius 2 is 1.89 bits per heavy atom. The molecule has 2 heteroatoms. The third kappa shape index (κ3) is 4.24. The maximum absolute atomic E-state index is 10.4. The van der Waals surface area contributed by atoms with Crippen LogP contribution >= 0.6 is 0 Å². The molecule has 1 aromatic rings. The smallest absolute Gasteiger partial charge is 0.0743 e. The van der Waals surface area contributed by atoms with Crippen LogP contribution in [0.4, 0.5) is 5.69 Å². The van der Waals surface area contributed by atoms with Crippen molar-refractivity contribution in [2.45, 2.75) is 51.6 Å². The van der Waals surface area contributed by atoms with E-state index in [2.05, 4.69) is 42.2 Å². The molecule has 1 N–H and O–H groups in total. The summed E-state index contributed by atoms with van der Waals surface area (Å²) in [7, 11) is 0. The summed E-state index contributed by atoms with van der Waals surface area (Å²) in [6.45, 7) is 4.05. The van der Waals surface area contributed by atoms with Crippen LogP contribution in [-0.4, -0.2) is 24.3 Å². The van der Waals surface area contributed by atoms with Crippen molar-refractivity contribution in [1.29, 1.82) is 0 Å². The van der Waals surface area contributed by atoms with E-state index < -0.39 is 0 Å². The second kappa shape index (κ2) is 7.54. The highest BCUT2D eigenvalue weighted by Gasteiger charge is 2.24. The van der Waals surface area contributed by atoms with Gasteiger partial charge in [-0.25, -0.2) is 0 Å². The summed E-state index contributed by atoms with van der Waals surface area (Å²) in [5, 5.41) is 10.4. The molecule has 1 atom stereocenters. The molecule has 0 spiro atoms. The fourth-order valence-electron chi connectivity index (χ4n) is 3.03. The molecule has 19 heavy (non-hydrogen) atoms. The van der Waals surface area contributed by atoms with E-state index in [9.17, 15) is 5.11 Å². The molecule has 1 unspecified atom stereocenters. The Hall–Kier alpha value is -1.02. The minimum Gasteiger partial charge on any atom is -0.391 e. The molecule has 0 heterocycles. The Bertz CT molecular complexity index is 346. The van der Waals surface area contributed by atoms with Crippen LogP contribution in [0.25, 0.3) is 0 Å². The summed E-state index contributed by atoms with van der Waals surface area (Å²) in [5.41, 5.74) is 1.24. The molecule has 0 saturated heterocycles. The van der Waals surface area contributed by atoms with Gasteiger partial charge in [0.1, 0.15) is 0 Å². The summed E-state index contributed by atoms with van der Waals surface area (Å²) in [6.07, 6.45) is 7.22. The van der Waals surface area contributed by atoms with Crippen LogP contribution in [-0.2, 0) is 0 Å². The van der Waals surface area contributed by atoms with Gasteiger partial charge in [0.2, 0.25) is 0 Å². The third-order valence-electron chi connectivity index (χ3n) is 4.25. The summed E-state index contributed by atoms with van der Waals surface area (Å²) in [5.74, 6) is 0.521. The number of hydrogen-bond acceptors (Lipinski definition) is 2. The zero-order valence-electron chi connectivity index (χ0n) is 12.1. The lowest BCUT2D eigenvalue weighted by atomic mass is 10.00. The number of para-hydroxylation sites is 1. The number of hydrogen-bond donors (Lipinski definition) is 1. The van der Waals surface area contributed by atoms with Crippen LogP contribution in [0.15, 0.2) is 30.3 Å². The van der Waals surface area contributed by atoms with Gasteiger partial charge in [0, 0.05) is 18.8 Å². The molecule has 1 aliphatic rings. The first-order chi connectivity index (χ1) is 9.31. The summed E-state index contributed by atoms with van der Waals surface area (Å²) < 4.78 is 0. The zero-order valence-corrected chi connectivity index (χ0v) is 12.1. The first-order valence-electron chi connectivity index (χ1n) is 7.79. The van der Waals surface area contributed by atoms with E-state index in [0.29, 0.717) is 5.92 Å². The molecule has 0 aromatic heterocycles. The van der Waals surface area contributed by atoms with Crippen LogP contribution in [0.5, 0.6) is 0 Å². The van der Waals surface area contributed by atoms with Crippen molar-refractivity contribution in [3.05, 3.63) is 30.3 Å². The number of rotatable bonds is 7. The quantitative estimate of drug-likeness (QED) is 0.806. The van der Waals surface area contributed by atoms with Crippen molar-refractivity contribution in [1.82, 2.24) is 0 Å². The monoisotopic (exact) mass is 261 g/mol. The maximum atomic E-state index is 10.4. The molecule has 1 saturated carbocycles. The molecule has 0 aliphatic heterocycles. The van der Waals surface area contributed by atoms with E-state index in [0.717, 1.165) is 13.1 Å². The number of benzene rings is 1. The van der Waals surface area contributed by atoms with Gasteiger partial charge in [-0.05, 0) is 37.3 Å². The van der Waals surface area contributed by atoms with Crippen molar-refractivity contribution in [3.63, 3.8) is 0 Å². The molecule has 1 aromatic carbocycles. The molecule has 0 amide bonds. The van der Waals surface area contributed by atoms with E-state index >= 15 is 0 Å². The average Bonchev–Trinajstić information content (AvgIpc) is 2.98. The molecule has 2 rings (SSSR count). The Kier molecular flexibility index (Phi) is 5.71. The summed E-state index contributed by atoms with van der Waals surface area (Å²) in [4.78, 5) is 2.35. The molecule has 1 fully saturated rings. The van der Waals surface area contributed by atoms with E-state index in [1.54, 1.807) is 0 Å². The molecule has 0 bridgehead atoms. The van der Waals surface area contributed by atoms with E-state index in [1.165, 1.54) is 44.2 Å². The number of aliphatic hydroxyl groups excluding tert-OH is 1. The Morgan fingerprint density at radius 1 is 1.21 bits per heavy atom. The van der Waals surface area contributed by atoms with Gasteiger partial charge < -0.3 is 10.0 Å². The van der Waals surface area contributed by atoms with Gasteiger partial charge in [0.05, 0.1) is 6.10 Å². The Balaban J connectivity index is 1.96. The highest BCUT2D eigenvalue weighted by atomic mass is 16.3. The van der Waals surface area contributed by atoms with Crippen LogP contribution in [0.1, 0.15) is 45.4 Å². The Morgan fingerprint density at radius 3 is 2.53 bits per heavy atom. The normalized spacial score (nSPS) is 17.6. The lowest BCUT2D eigenvalue weighted by Gasteiger charge is -2.29. The van der Waals surface area contributed by atoms with Crippen molar-refractivity contribution in [2.75, 3.05) is 18.0 Å². The van der Waals surface area contributed by atoms with Gasteiger partial charge in [-0.2, -0.15) is 0 Å². The largest absolute Gasteiger partial charge is 0.391 e. The molecule has 0 radical (unpaired) electrons. The second-order valence-corrected chi connectivity index (χ2v) is 5.75. The van der Waals surface area contributed by atoms with Crippen molar-refractivity contribution >= 4 is 5.69 Å². The van der Waals surface area contributed by atoms with Crippen molar-refractivity contribution < 1.29 is 5.11 Å². The molecular formula is C17H27NO. The zero-order chi connectivity index (χ0) is 13.5. The van der Waals surface area contributed by atoms with Crippen LogP contribution < -0.4 is 4.90 Å². The van der Waals surface area contributed by atoms with Gasteiger partial charge in [-0.15, -0.1) is 0 Å². The first-order valence-corrected chi connectivity index (χ1v) is 7.79. The van der Waals surface area contributed by atoms with Crippen molar-refractivity contribution in [3.8, 4) is 0 Å². The average molecular weight is 261 g/mol. The topological polar surface area (TPSA) is 23.5 Å². The fraction of sp³-hybridized carbons (Fsp3) is 0.647. The number of anilines is 1. The van der Waals surface area contributed by atoms with Gasteiger partial charge in [0.15, 0.2) is 0 Å². The number of unbranched alkanes of at least 4 members (excludes halogenated alkanes) is 1. The number of aliphatic hydroxyl groups is 1. The maximum Gasteiger partial charge on any atom is 0.0743 e. The second-order valence-electron chi connectivity index (χ2n) is 5.75. The highest BCUT2D eigenvalue weighted by molar-refractivity contribution is 5.46. The van der Waals surface area contributed by atoms with E-state index in [4.69, 9.17) is 0 Å². The Labute approximate surface area is 117 Å². The highest BCUT2D eigenvalue weighted by Crippen LogP contribution is 2.28. The molecule has 2 nitrogen and oxygen atoms in total. The minimum atomic E-state index is -0.167. The molecular weight excluding hydrogens is 234 g/mol. The van der Waals surface area contributed by atoms with Gasteiger partial charge in [0.25, 0.3) is 0 Å². The summed E-state index contributed by atoms with van der Waals surface area (Å²) >= 11 is 0. The number of nitrogens with zero attached hydrogens (tertiary/aromatic N) is 1. The predicted octanol–water partition coefficient (Wildman–Crippen LogP) is 3.84. The third-order valence-corrected chi connectivity index (χ3v) is 4.25. The van der Waals surface area contributed by atoms with Gasteiger partial charge in [-0.1, -0.05) is 44.4 Å². The molecule has 106 valence electrons.